The van der Waals surface area contributed by atoms with Gasteiger partial charge in [0.2, 0.25) is 11.8 Å². The van der Waals surface area contributed by atoms with Crippen molar-refractivity contribution in [1.29, 1.82) is 0 Å². The number of ether oxygens (including phenoxy) is 2. The lowest BCUT2D eigenvalue weighted by Gasteiger charge is -2.19. The second kappa shape index (κ2) is 10.4. The predicted molar refractivity (Wildman–Crippen MR) is 137 cm³/mol. The van der Waals surface area contributed by atoms with Crippen LogP contribution in [0, 0.1) is 29.6 Å². The van der Waals surface area contributed by atoms with Gasteiger partial charge >= 0.3 is 11.9 Å². The number of benzene rings is 2. The number of carbonyl (C=O) groups excluding carboxylic acids is 5. The first-order chi connectivity index (χ1) is 18.2. The monoisotopic (exact) mass is 518 g/mol. The molecule has 2 aromatic rings. The molecule has 3 fully saturated rings. The van der Waals surface area contributed by atoms with Crippen LogP contribution in [0.25, 0.3) is 0 Å². The molecule has 1 saturated heterocycles. The Morgan fingerprint density at radius 1 is 0.895 bits per heavy atom. The van der Waals surface area contributed by atoms with Gasteiger partial charge in [0.25, 0.3) is 5.91 Å². The van der Waals surface area contributed by atoms with E-state index in [1.165, 1.54) is 29.2 Å². The van der Waals surface area contributed by atoms with Crippen LogP contribution in [0.15, 0.2) is 48.5 Å². The summed E-state index contributed by atoms with van der Waals surface area (Å²) >= 11 is 0. The van der Waals surface area contributed by atoms with Gasteiger partial charge in [-0.25, -0.2) is 9.59 Å². The Morgan fingerprint density at radius 3 is 2.16 bits per heavy atom. The molecule has 9 heteroatoms. The van der Waals surface area contributed by atoms with Gasteiger partial charge in [0.1, 0.15) is 0 Å². The molecular formula is C29H30N2O7. The average molecular weight is 519 g/mol. The Labute approximate surface area is 220 Å². The number of imide groups is 1. The van der Waals surface area contributed by atoms with Crippen LogP contribution in [0.4, 0.5) is 11.4 Å². The van der Waals surface area contributed by atoms with Gasteiger partial charge < -0.3 is 14.8 Å². The van der Waals surface area contributed by atoms with E-state index in [-0.39, 0.29) is 47.0 Å². The molecule has 1 N–H and O–H groups in total. The summed E-state index contributed by atoms with van der Waals surface area (Å²) in [5.74, 6) is -1.85. The quantitative estimate of drug-likeness (QED) is 0.417. The number of carbonyl (C=O) groups is 5. The summed E-state index contributed by atoms with van der Waals surface area (Å²) in [4.78, 5) is 64.3. The maximum atomic E-state index is 13.1. The third kappa shape index (κ3) is 4.92. The first-order valence-corrected chi connectivity index (χ1v) is 12.9. The molecule has 2 aliphatic carbocycles. The number of fused-ring (bicyclic) bond motifs is 5. The average Bonchev–Trinajstić information content (AvgIpc) is 3.59. The number of hydrogen-bond donors (Lipinski definition) is 1. The molecule has 38 heavy (non-hydrogen) atoms. The van der Waals surface area contributed by atoms with E-state index in [9.17, 15) is 24.0 Å². The van der Waals surface area contributed by atoms with Crippen molar-refractivity contribution in [3.63, 3.8) is 0 Å². The van der Waals surface area contributed by atoms with Crippen molar-refractivity contribution in [3.8, 4) is 0 Å². The van der Waals surface area contributed by atoms with Gasteiger partial charge in [0.15, 0.2) is 6.61 Å². The molecule has 9 nitrogen and oxygen atoms in total. The van der Waals surface area contributed by atoms with E-state index in [0.29, 0.717) is 23.5 Å². The van der Waals surface area contributed by atoms with Crippen LogP contribution in [-0.2, 0) is 23.9 Å². The second-order valence-electron chi connectivity index (χ2n) is 10.6. The van der Waals surface area contributed by atoms with Gasteiger partial charge in [-0.15, -0.1) is 0 Å². The third-order valence-corrected chi connectivity index (χ3v) is 7.55. The van der Waals surface area contributed by atoms with Gasteiger partial charge in [0, 0.05) is 5.69 Å². The fourth-order valence-corrected chi connectivity index (χ4v) is 5.86. The highest BCUT2D eigenvalue weighted by molar-refractivity contribution is 6.22. The lowest BCUT2D eigenvalue weighted by Crippen LogP contribution is -2.32. The largest absolute Gasteiger partial charge is 0.462 e. The highest BCUT2D eigenvalue weighted by atomic mass is 16.5. The Hall–Kier alpha value is -4.01. The molecule has 0 radical (unpaired) electrons. The number of nitrogens with one attached hydrogen (secondary N) is 1. The Balaban J connectivity index is 1.16. The number of nitrogens with zero attached hydrogens (tertiary/aromatic N) is 1. The summed E-state index contributed by atoms with van der Waals surface area (Å²) in [6.07, 6.45) is 2.92. The van der Waals surface area contributed by atoms with Crippen molar-refractivity contribution in [2.24, 2.45) is 29.6 Å². The molecule has 1 heterocycles. The van der Waals surface area contributed by atoms with E-state index in [4.69, 9.17) is 9.47 Å². The van der Waals surface area contributed by atoms with E-state index < -0.39 is 24.5 Å². The van der Waals surface area contributed by atoms with Crippen LogP contribution in [0.3, 0.4) is 0 Å². The lowest BCUT2D eigenvalue weighted by molar-refractivity contribution is -0.123. The smallest absolute Gasteiger partial charge is 0.338 e. The van der Waals surface area contributed by atoms with Crippen molar-refractivity contribution in [2.75, 3.05) is 23.4 Å². The highest BCUT2D eigenvalue weighted by Crippen LogP contribution is 2.56. The van der Waals surface area contributed by atoms with Crippen molar-refractivity contribution < 1.29 is 33.4 Å². The Bertz CT molecular complexity index is 1260. The topological polar surface area (TPSA) is 119 Å². The van der Waals surface area contributed by atoms with Crippen LogP contribution in [0.1, 0.15) is 53.8 Å². The van der Waals surface area contributed by atoms with Crippen molar-refractivity contribution in [1.82, 2.24) is 0 Å². The van der Waals surface area contributed by atoms with Crippen LogP contribution < -0.4 is 10.2 Å². The SMILES string of the molecule is CC(C)COC(=O)c1ccc(NC(=O)COC(=O)c2cccc(N3C(=O)[C@H]4[C@H]5CC[C@@H](C5)[C@@H]4C3=O)c2)cc1. The first kappa shape index (κ1) is 25.6. The van der Waals surface area contributed by atoms with Crippen LogP contribution in [0.5, 0.6) is 0 Å². The molecule has 0 unspecified atom stereocenters. The molecule has 3 aliphatic rings. The van der Waals surface area contributed by atoms with Crippen molar-refractivity contribution in [3.05, 3.63) is 59.7 Å². The number of esters is 2. The number of anilines is 2. The van der Waals surface area contributed by atoms with Crippen LogP contribution >= 0.6 is 0 Å². The molecule has 0 aromatic heterocycles. The zero-order valence-corrected chi connectivity index (χ0v) is 21.3. The number of amides is 3. The van der Waals surface area contributed by atoms with Crippen molar-refractivity contribution in [2.45, 2.75) is 33.1 Å². The number of hydrogen-bond acceptors (Lipinski definition) is 7. The maximum absolute atomic E-state index is 13.1. The molecular weight excluding hydrogens is 488 g/mol. The third-order valence-electron chi connectivity index (χ3n) is 7.55. The maximum Gasteiger partial charge on any atom is 0.338 e. The highest BCUT2D eigenvalue weighted by Gasteiger charge is 2.61. The van der Waals surface area contributed by atoms with Crippen LogP contribution in [0.2, 0.25) is 0 Å². The minimum Gasteiger partial charge on any atom is -0.462 e. The van der Waals surface area contributed by atoms with Gasteiger partial charge in [-0.2, -0.15) is 0 Å². The predicted octanol–water partition coefficient (Wildman–Crippen LogP) is 3.83. The molecule has 3 amide bonds. The Morgan fingerprint density at radius 2 is 1.53 bits per heavy atom. The Kier molecular flexibility index (Phi) is 7.01. The second-order valence-corrected chi connectivity index (χ2v) is 10.6. The van der Waals surface area contributed by atoms with Gasteiger partial charge in [-0.1, -0.05) is 19.9 Å². The fraction of sp³-hybridized carbons (Fsp3) is 0.414. The standard InChI is InChI=1S/C29H30N2O7/c1-16(2)14-37-28(35)17-8-10-21(11-9-17)30-23(32)15-38-29(36)20-4-3-5-22(13-20)31-26(33)24-18-6-7-19(12-18)25(24)27(31)34/h3-5,8-11,13,16,18-19,24-25H,6-7,12,14-15H2,1-2H3,(H,30,32)/t18-,19-,24-,25-/m0/s1. The zero-order chi connectivity index (χ0) is 27.0. The van der Waals surface area contributed by atoms with E-state index in [2.05, 4.69) is 5.32 Å². The van der Waals surface area contributed by atoms with Crippen LogP contribution in [-0.4, -0.2) is 42.9 Å². The first-order valence-electron chi connectivity index (χ1n) is 12.9. The molecule has 4 atom stereocenters. The molecule has 5 rings (SSSR count). The van der Waals surface area contributed by atoms with Gasteiger partial charge in [-0.05, 0) is 79.5 Å². The molecule has 0 spiro atoms. The van der Waals surface area contributed by atoms with Gasteiger partial charge in [-0.3, -0.25) is 19.3 Å². The summed E-state index contributed by atoms with van der Waals surface area (Å²) in [7, 11) is 0. The summed E-state index contributed by atoms with van der Waals surface area (Å²) in [6, 6.07) is 12.4. The molecule has 2 saturated carbocycles. The summed E-state index contributed by atoms with van der Waals surface area (Å²) in [6.45, 7) is 3.67. The minimum absolute atomic E-state index is 0.139. The number of rotatable bonds is 8. The molecule has 1 aliphatic heterocycles. The van der Waals surface area contributed by atoms with Crippen molar-refractivity contribution >= 4 is 41.0 Å². The molecule has 198 valence electrons. The summed E-state index contributed by atoms with van der Waals surface area (Å²) < 4.78 is 10.3. The fourth-order valence-electron chi connectivity index (χ4n) is 5.86. The van der Waals surface area contributed by atoms with E-state index >= 15 is 0 Å². The molecule has 2 aromatic carbocycles. The molecule has 2 bridgehead atoms. The normalized spacial score (nSPS) is 23.5. The van der Waals surface area contributed by atoms with Gasteiger partial charge in [0.05, 0.1) is 35.3 Å². The van der Waals surface area contributed by atoms with E-state index in [1.54, 1.807) is 24.3 Å². The lowest BCUT2D eigenvalue weighted by atomic mass is 9.81. The van der Waals surface area contributed by atoms with E-state index in [1.807, 2.05) is 13.8 Å². The minimum atomic E-state index is -0.746. The summed E-state index contributed by atoms with van der Waals surface area (Å²) in [5.41, 5.74) is 1.28. The van der Waals surface area contributed by atoms with E-state index in [0.717, 1.165) is 19.3 Å². The summed E-state index contributed by atoms with van der Waals surface area (Å²) in [5, 5.41) is 2.60. The zero-order valence-electron chi connectivity index (χ0n) is 21.3.